The van der Waals surface area contributed by atoms with E-state index in [1.54, 1.807) is 6.26 Å². The number of guanidine groups is 1. The molecule has 0 saturated carbocycles. The second-order valence-electron chi connectivity index (χ2n) is 8.08. The van der Waals surface area contributed by atoms with Crippen LogP contribution in [0, 0.1) is 11.8 Å². The zero-order valence-electron chi connectivity index (χ0n) is 15.7. The summed E-state index contributed by atoms with van der Waals surface area (Å²) in [4.78, 5) is 7.40. The summed E-state index contributed by atoms with van der Waals surface area (Å²) < 4.78 is 17.3. The second kappa shape index (κ2) is 8.69. The third-order valence-electron chi connectivity index (χ3n) is 6.46. The zero-order chi connectivity index (χ0) is 17.3. The topological polar surface area (TPSA) is 59.2 Å². The Hall–Kier alpha value is -0.800. The van der Waals surface area contributed by atoms with Crippen molar-refractivity contribution in [3.05, 3.63) is 24.2 Å². The molecule has 0 aliphatic carbocycles. The van der Waals surface area contributed by atoms with E-state index in [9.17, 15) is 0 Å². The molecule has 0 radical (unpaired) electrons. The SMILES string of the molecule is I.c1coc(CCNC(=NCC2CCCO2)N2CC3C4CCC(O4)C3C2)c1. The van der Waals surface area contributed by atoms with Crippen molar-refractivity contribution in [1.29, 1.82) is 0 Å². The van der Waals surface area contributed by atoms with Crippen LogP contribution in [0.5, 0.6) is 0 Å². The number of fused-ring (bicyclic) bond motifs is 5. The molecular formula is C20H30IN3O3. The van der Waals surface area contributed by atoms with Crippen LogP contribution in [0.1, 0.15) is 31.4 Å². The smallest absolute Gasteiger partial charge is 0.194 e. The van der Waals surface area contributed by atoms with Crippen molar-refractivity contribution in [3.8, 4) is 0 Å². The zero-order valence-corrected chi connectivity index (χ0v) is 18.0. The van der Waals surface area contributed by atoms with E-state index in [0.717, 1.165) is 63.8 Å². The molecule has 2 bridgehead atoms. The highest BCUT2D eigenvalue weighted by molar-refractivity contribution is 14.0. The summed E-state index contributed by atoms with van der Waals surface area (Å²) in [6.07, 6.45) is 8.65. The van der Waals surface area contributed by atoms with Gasteiger partial charge in [0, 0.05) is 44.5 Å². The Labute approximate surface area is 178 Å². The van der Waals surface area contributed by atoms with Gasteiger partial charge in [0.05, 0.1) is 31.1 Å². The number of halogens is 1. The van der Waals surface area contributed by atoms with Crippen LogP contribution in [-0.2, 0) is 15.9 Å². The van der Waals surface area contributed by atoms with Gasteiger partial charge in [-0.25, -0.2) is 0 Å². The van der Waals surface area contributed by atoms with E-state index >= 15 is 0 Å². The first-order valence-corrected chi connectivity index (χ1v) is 10.2. The standard InChI is InChI=1S/C20H29N3O3.HI/c1-3-14(24-9-1)7-8-21-20(22-11-15-4-2-10-25-15)23-12-16-17(13-23)19-6-5-18(16)26-19;/h1,3,9,15-19H,2,4-8,10-13H2,(H,21,22);1H. The molecule has 5 heterocycles. The highest BCUT2D eigenvalue weighted by atomic mass is 127. The van der Waals surface area contributed by atoms with Crippen LogP contribution in [0.25, 0.3) is 0 Å². The molecule has 0 spiro atoms. The fraction of sp³-hybridized carbons (Fsp3) is 0.750. The number of hydrogen-bond acceptors (Lipinski definition) is 4. The van der Waals surface area contributed by atoms with Crippen LogP contribution in [0.15, 0.2) is 27.8 Å². The van der Waals surface area contributed by atoms with E-state index in [1.807, 2.05) is 12.1 Å². The predicted molar refractivity (Wildman–Crippen MR) is 114 cm³/mol. The van der Waals surface area contributed by atoms with E-state index < -0.39 is 0 Å². The van der Waals surface area contributed by atoms with Gasteiger partial charge >= 0.3 is 0 Å². The molecule has 4 fully saturated rings. The number of furan rings is 1. The Balaban J connectivity index is 0.00000180. The third-order valence-corrected chi connectivity index (χ3v) is 6.46. The quantitative estimate of drug-likeness (QED) is 0.393. The maximum Gasteiger partial charge on any atom is 0.194 e. The first-order chi connectivity index (χ1) is 12.9. The molecule has 6 nitrogen and oxygen atoms in total. The molecule has 4 saturated heterocycles. The monoisotopic (exact) mass is 487 g/mol. The summed E-state index contributed by atoms with van der Waals surface area (Å²) in [6.45, 7) is 4.63. The minimum absolute atomic E-state index is 0. The van der Waals surface area contributed by atoms with Gasteiger partial charge in [-0.1, -0.05) is 0 Å². The largest absolute Gasteiger partial charge is 0.469 e. The van der Waals surface area contributed by atoms with E-state index in [4.69, 9.17) is 18.9 Å². The van der Waals surface area contributed by atoms with Crippen molar-refractivity contribution in [2.75, 3.05) is 32.8 Å². The number of nitrogens with one attached hydrogen (secondary N) is 1. The second-order valence-corrected chi connectivity index (χ2v) is 8.08. The predicted octanol–water partition coefficient (Wildman–Crippen LogP) is 2.67. The molecule has 5 atom stereocenters. The van der Waals surface area contributed by atoms with Crippen molar-refractivity contribution >= 4 is 29.9 Å². The summed E-state index contributed by atoms with van der Waals surface area (Å²) in [5.41, 5.74) is 0. The molecule has 1 aromatic rings. The fourth-order valence-corrected chi connectivity index (χ4v) is 5.13. The average Bonchev–Trinajstić information content (AvgIpc) is 3.45. The van der Waals surface area contributed by atoms with E-state index in [0.29, 0.717) is 30.1 Å². The number of ether oxygens (including phenoxy) is 2. The Morgan fingerprint density at radius 1 is 1.19 bits per heavy atom. The third kappa shape index (κ3) is 4.15. The maximum absolute atomic E-state index is 6.12. The Kier molecular flexibility index (Phi) is 6.28. The highest BCUT2D eigenvalue weighted by Gasteiger charge is 2.53. The molecule has 27 heavy (non-hydrogen) atoms. The molecule has 5 rings (SSSR count). The number of rotatable bonds is 5. The maximum atomic E-state index is 6.12. The van der Waals surface area contributed by atoms with Gasteiger partial charge in [-0.2, -0.15) is 0 Å². The lowest BCUT2D eigenvalue weighted by Crippen LogP contribution is -2.42. The van der Waals surface area contributed by atoms with Crippen LogP contribution >= 0.6 is 24.0 Å². The van der Waals surface area contributed by atoms with Gasteiger partial charge in [0.1, 0.15) is 5.76 Å². The fourth-order valence-electron chi connectivity index (χ4n) is 5.13. The molecule has 0 amide bonds. The van der Waals surface area contributed by atoms with Gasteiger partial charge in [0.25, 0.3) is 0 Å². The van der Waals surface area contributed by atoms with Crippen LogP contribution in [0.4, 0.5) is 0 Å². The van der Waals surface area contributed by atoms with Crippen molar-refractivity contribution in [2.45, 2.75) is 50.4 Å². The summed E-state index contributed by atoms with van der Waals surface area (Å²) in [6, 6.07) is 3.97. The summed E-state index contributed by atoms with van der Waals surface area (Å²) in [7, 11) is 0. The number of aliphatic imine (C=N–C) groups is 1. The molecule has 5 unspecified atom stereocenters. The Morgan fingerprint density at radius 3 is 2.67 bits per heavy atom. The van der Waals surface area contributed by atoms with Gasteiger partial charge in [-0.05, 0) is 37.8 Å². The highest BCUT2D eigenvalue weighted by Crippen LogP contribution is 2.47. The van der Waals surface area contributed by atoms with E-state index in [-0.39, 0.29) is 24.0 Å². The van der Waals surface area contributed by atoms with Crippen LogP contribution in [0.3, 0.4) is 0 Å². The molecule has 7 heteroatoms. The van der Waals surface area contributed by atoms with Crippen molar-refractivity contribution in [3.63, 3.8) is 0 Å². The van der Waals surface area contributed by atoms with Gasteiger partial charge in [0.2, 0.25) is 0 Å². The van der Waals surface area contributed by atoms with Crippen LogP contribution in [-0.4, -0.2) is 62.0 Å². The Bertz CT molecular complexity index is 614. The minimum Gasteiger partial charge on any atom is -0.469 e. The minimum atomic E-state index is 0. The van der Waals surface area contributed by atoms with Crippen LogP contribution < -0.4 is 5.32 Å². The van der Waals surface area contributed by atoms with E-state index in [2.05, 4.69) is 10.2 Å². The lowest BCUT2D eigenvalue weighted by Gasteiger charge is -2.24. The normalized spacial score (nSPS) is 34.7. The number of hydrogen-bond donors (Lipinski definition) is 1. The molecule has 1 N–H and O–H groups in total. The summed E-state index contributed by atoms with van der Waals surface area (Å²) in [5, 5.41) is 3.58. The lowest BCUT2D eigenvalue weighted by molar-refractivity contribution is 0.0766. The molecule has 1 aromatic heterocycles. The molecule has 0 aromatic carbocycles. The molecule has 4 aliphatic rings. The van der Waals surface area contributed by atoms with Gasteiger partial charge in [0.15, 0.2) is 5.96 Å². The van der Waals surface area contributed by atoms with Gasteiger partial charge in [-0.15, -0.1) is 24.0 Å². The summed E-state index contributed by atoms with van der Waals surface area (Å²) >= 11 is 0. The first kappa shape index (κ1) is 19.5. The van der Waals surface area contributed by atoms with Crippen molar-refractivity contribution in [2.24, 2.45) is 16.8 Å². The van der Waals surface area contributed by atoms with Crippen LogP contribution in [0.2, 0.25) is 0 Å². The van der Waals surface area contributed by atoms with Gasteiger partial charge in [-0.3, -0.25) is 4.99 Å². The first-order valence-electron chi connectivity index (χ1n) is 10.2. The van der Waals surface area contributed by atoms with Crippen molar-refractivity contribution in [1.82, 2.24) is 10.2 Å². The average molecular weight is 487 g/mol. The molecular weight excluding hydrogens is 457 g/mol. The Morgan fingerprint density at radius 2 is 2.00 bits per heavy atom. The molecule has 4 aliphatic heterocycles. The molecule has 150 valence electrons. The number of nitrogens with zero attached hydrogens (tertiary/aromatic N) is 2. The van der Waals surface area contributed by atoms with Gasteiger partial charge < -0.3 is 24.1 Å². The lowest BCUT2D eigenvalue weighted by atomic mass is 9.82. The summed E-state index contributed by atoms with van der Waals surface area (Å²) in [5.74, 6) is 3.43. The van der Waals surface area contributed by atoms with E-state index in [1.165, 1.54) is 12.8 Å². The van der Waals surface area contributed by atoms with Crippen molar-refractivity contribution < 1.29 is 13.9 Å². The number of likely N-dealkylation sites (tertiary alicyclic amines) is 1.